The molecule has 0 saturated heterocycles. The van der Waals surface area contributed by atoms with Crippen LogP contribution < -0.4 is 0 Å². The first kappa shape index (κ1) is 7.22. The van der Waals surface area contributed by atoms with E-state index in [1.54, 1.807) is 0 Å². The molecule has 0 fully saturated rings. The van der Waals surface area contributed by atoms with Crippen LogP contribution >= 0.6 is 15.9 Å². The molecule has 42 valence electrons. The van der Waals surface area contributed by atoms with E-state index in [9.17, 15) is 0 Å². The van der Waals surface area contributed by atoms with Gasteiger partial charge in [-0.1, -0.05) is 28.9 Å². The average Bonchev–Trinajstić information content (AvgIpc) is 1.68. The van der Waals surface area contributed by atoms with Gasteiger partial charge in [0, 0.05) is 5.33 Å². The molecule has 1 atom stereocenters. The molecule has 0 aromatic rings. The molecule has 0 N–H and O–H groups in total. The number of hydrogen-bond donors (Lipinski definition) is 0. The van der Waals surface area contributed by atoms with Gasteiger partial charge in [-0.3, -0.25) is 0 Å². The average molecular weight is 163 g/mol. The van der Waals surface area contributed by atoms with Crippen molar-refractivity contribution in [3.63, 3.8) is 0 Å². The fourth-order valence-corrected chi connectivity index (χ4v) is 1.01. The van der Waals surface area contributed by atoms with Crippen molar-refractivity contribution >= 4 is 15.9 Å². The molecule has 0 nitrogen and oxygen atoms in total. The van der Waals surface area contributed by atoms with Gasteiger partial charge in [0.05, 0.1) is 0 Å². The molecule has 7 heavy (non-hydrogen) atoms. The highest BCUT2D eigenvalue weighted by Crippen LogP contribution is 2.03. The first-order chi connectivity index (χ1) is 3.31. The van der Waals surface area contributed by atoms with Crippen LogP contribution in [-0.2, 0) is 0 Å². The third-order valence-corrected chi connectivity index (χ3v) is 1.42. The quantitative estimate of drug-likeness (QED) is 0.443. The summed E-state index contributed by atoms with van der Waals surface area (Å²) in [5, 5.41) is 1.08. The minimum Gasteiger partial charge on any atom is -0.103 e. The van der Waals surface area contributed by atoms with Gasteiger partial charge < -0.3 is 0 Å². The first-order valence-corrected chi connectivity index (χ1v) is 3.62. The van der Waals surface area contributed by atoms with Gasteiger partial charge in [-0.25, -0.2) is 0 Å². The van der Waals surface area contributed by atoms with Crippen molar-refractivity contribution in [1.29, 1.82) is 0 Å². The van der Waals surface area contributed by atoms with Gasteiger partial charge in [-0.15, -0.1) is 6.58 Å². The van der Waals surface area contributed by atoms with Crippen molar-refractivity contribution in [3.05, 3.63) is 12.7 Å². The predicted molar refractivity (Wildman–Crippen MR) is 37.8 cm³/mol. The van der Waals surface area contributed by atoms with Crippen LogP contribution in [0.1, 0.15) is 13.3 Å². The number of rotatable bonds is 3. The summed E-state index contributed by atoms with van der Waals surface area (Å²) in [7, 11) is 0. The monoisotopic (exact) mass is 162 g/mol. The normalized spacial score (nSPS) is 13.4. The molecule has 0 aliphatic rings. The Morgan fingerprint density at radius 1 is 1.86 bits per heavy atom. The van der Waals surface area contributed by atoms with Gasteiger partial charge in [0.15, 0.2) is 0 Å². The van der Waals surface area contributed by atoms with Crippen LogP contribution in [0.2, 0.25) is 0 Å². The SMILES string of the molecule is C=CC(C)CCBr. The smallest absolute Gasteiger partial charge is 0.00368 e. The van der Waals surface area contributed by atoms with Crippen molar-refractivity contribution < 1.29 is 0 Å². The van der Waals surface area contributed by atoms with Gasteiger partial charge in [-0.2, -0.15) is 0 Å². The van der Waals surface area contributed by atoms with Crippen LogP contribution in [0.3, 0.4) is 0 Å². The summed E-state index contributed by atoms with van der Waals surface area (Å²) in [6.07, 6.45) is 3.17. The highest BCUT2D eigenvalue weighted by molar-refractivity contribution is 9.09. The van der Waals surface area contributed by atoms with E-state index < -0.39 is 0 Å². The van der Waals surface area contributed by atoms with E-state index in [2.05, 4.69) is 29.4 Å². The second-order valence-corrected chi connectivity index (χ2v) is 2.48. The van der Waals surface area contributed by atoms with Crippen LogP contribution in [0.5, 0.6) is 0 Å². The Kier molecular flexibility index (Phi) is 4.52. The fourth-order valence-electron chi connectivity index (χ4n) is 0.290. The van der Waals surface area contributed by atoms with E-state index in [4.69, 9.17) is 0 Å². The van der Waals surface area contributed by atoms with Gasteiger partial charge in [-0.05, 0) is 12.3 Å². The Balaban J connectivity index is 2.98. The first-order valence-electron chi connectivity index (χ1n) is 2.49. The van der Waals surface area contributed by atoms with Crippen molar-refractivity contribution in [1.82, 2.24) is 0 Å². The number of hydrogen-bond acceptors (Lipinski definition) is 0. The molecule has 0 amide bonds. The zero-order valence-corrected chi connectivity index (χ0v) is 6.24. The number of allylic oxidation sites excluding steroid dienone is 1. The molecule has 0 aromatic carbocycles. The zero-order chi connectivity index (χ0) is 5.70. The Hall–Kier alpha value is 0.220. The second kappa shape index (κ2) is 4.38. The highest BCUT2D eigenvalue weighted by Gasteiger charge is 1.90. The largest absolute Gasteiger partial charge is 0.103 e. The Morgan fingerprint density at radius 2 is 2.43 bits per heavy atom. The zero-order valence-electron chi connectivity index (χ0n) is 4.65. The lowest BCUT2D eigenvalue weighted by atomic mass is 10.1. The fraction of sp³-hybridized carbons (Fsp3) is 0.667. The summed E-state index contributed by atoms with van der Waals surface area (Å²) < 4.78 is 0. The maximum absolute atomic E-state index is 3.66. The molecule has 0 saturated carbocycles. The summed E-state index contributed by atoms with van der Waals surface area (Å²) in [6.45, 7) is 5.82. The topological polar surface area (TPSA) is 0 Å². The van der Waals surface area contributed by atoms with Crippen LogP contribution in [0, 0.1) is 5.92 Å². The molecule has 0 bridgehead atoms. The number of alkyl halides is 1. The van der Waals surface area contributed by atoms with Gasteiger partial charge in [0.2, 0.25) is 0 Å². The van der Waals surface area contributed by atoms with Crippen LogP contribution in [-0.4, -0.2) is 5.33 Å². The maximum atomic E-state index is 3.66. The lowest BCUT2D eigenvalue weighted by molar-refractivity contribution is 0.710. The van der Waals surface area contributed by atoms with Crippen molar-refractivity contribution in [2.75, 3.05) is 5.33 Å². The Morgan fingerprint density at radius 3 is 2.57 bits per heavy atom. The minimum absolute atomic E-state index is 0.666. The lowest BCUT2D eigenvalue weighted by Crippen LogP contribution is -1.87. The predicted octanol–water partition coefficient (Wildman–Crippen LogP) is 2.59. The molecular formula is C6H11Br. The third-order valence-electron chi connectivity index (χ3n) is 0.967. The Bertz CT molecular complexity index is 50.1. The van der Waals surface area contributed by atoms with E-state index in [1.807, 2.05) is 6.08 Å². The highest BCUT2D eigenvalue weighted by atomic mass is 79.9. The summed E-state index contributed by atoms with van der Waals surface area (Å²) in [6, 6.07) is 0. The van der Waals surface area contributed by atoms with E-state index in [0.29, 0.717) is 5.92 Å². The lowest BCUT2D eigenvalue weighted by Gasteiger charge is -1.97. The van der Waals surface area contributed by atoms with Gasteiger partial charge >= 0.3 is 0 Å². The molecule has 1 unspecified atom stereocenters. The molecule has 0 spiro atoms. The summed E-state index contributed by atoms with van der Waals surface area (Å²) >= 11 is 3.34. The molecule has 0 aromatic heterocycles. The molecule has 0 aliphatic heterocycles. The molecule has 1 heteroatoms. The summed E-state index contributed by atoms with van der Waals surface area (Å²) in [5.74, 6) is 0.666. The standard InChI is InChI=1S/C6H11Br/c1-3-6(2)4-5-7/h3,6H,1,4-5H2,2H3. The second-order valence-electron chi connectivity index (χ2n) is 1.69. The Labute approximate surface area is 53.7 Å². The van der Waals surface area contributed by atoms with E-state index in [-0.39, 0.29) is 0 Å². The summed E-state index contributed by atoms with van der Waals surface area (Å²) in [5.41, 5.74) is 0. The minimum atomic E-state index is 0.666. The van der Waals surface area contributed by atoms with E-state index in [0.717, 1.165) is 5.33 Å². The van der Waals surface area contributed by atoms with Crippen molar-refractivity contribution in [3.8, 4) is 0 Å². The van der Waals surface area contributed by atoms with E-state index >= 15 is 0 Å². The molecule has 0 heterocycles. The van der Waals surface area contributed by atoms with Gasteiger partial charge in [0.1, 0.15) is 0 Å². The van der Waals surface area contributed by atoms with Crippen molar-refractivity contribution in [2.45, 2.75) is 13.3 Å². The van der Waals surface area contributed by atoms with Crippen LogP contribution in [0.15, 0.2) is 12.7 Å². The molecular weight excluding hydrogens is 152 g/mol. The molecule has 0 aliphatic carbocycles. The van der Waals surface area contributed by atoms with Crippen molar-refractivity contribution in [2.24, 2.45) is 5.92 Å². The van der Waals surface area contributed by atoms with Crippen LogP contribution in [0.4, 0.5) is 0 Å². The molecule has 0 radical (unpaired) electrons. The van der Waals surface area contributed by atoms with Crippen LogP contribution in [0.25, 0.3) is 0 Å². The molecule has 0 rings (SSSR count). The summed E-state index contributed by atoms with van der Waals surface area (Å²) in [4.78, 5) is 0. The van der Waals surface area contributed by atoms with E-state index in [1.165, 1.54) is 6.42 Å². The third kappa shape index (κ3) is 4.07. The van der Waals surface area contributed by atoms with Gasteiger partial charge in [0.25, 0.3) is 0 Å². The number of halogens is 1. The maximum Gasteiger partial charge on any atom is 0.00368 e.